The van der Waals surface area contributed by atoms with Crippen LogP contribution >= 0.6 is 0 Å². The number of H-pyrrole nitrogens is 1. The molecule has 86 valence electrons. The lowest BCUT2D eigenvalue weighted by atomic mass is 10.3. The van der Waals surface area contributed by atoms with Crippen molar-refractivity contribution in [3.63, 3.8) is 0 Å². The summed E-state index contributed by atoms with van der Waals surface area (Å²) in [6.45, 7) is 4.52. The van der Waals surface area contributed by atoms with E-state index in [0.29, 0.717) is 13.2 Å². The molecule has 0 aliphatic carbocycles. The van der Waals surface area contributed by atoms with Crippen LogP contribution in [-0.4, -0.2) is 22.3 Å². The Morgan fingerprint density at radius 1 is 1.62 bits per heavy atom. The SMILES string of the molecule is CCOC(C)Cn1cc(C#N)c(=O)[nH]c1=O. The summed E-state index contributed by atoms with van der Waals surface area (Å²) in [6.07, 6.45) is 1.09. The fourth-order valence-corrected chi connectivity index (χ4v) is 1.34. The summed E-state index contributed by atoms with van der Waals surface area (Å²) in [5.74, 6) is 0. The molecule has 0 aliphatic rings. The molecule has 1 aromatic heterocycles. The minimum Gasteiger partial charge on any atom is -0.377 e. The van der Waals surface area contributed by atoms with E-state index in [1.165, 1.54) is 10.8 Å². The van der Waals surface area contributed by atoms with Gasteiger partial charge >= 0.3 is 5.69 Å². The maximum Gasteiger partial charge on any atom is 0.328 e. The van der Waals surface area contributed by atoms with Gasteiger partial charge in [-0.05, 0) is 13.8 Å². The van der Waals surface area contributed by atoms with Crippen LogP contribution in [0.2, 0.25) is 0 Å². The van der Waals surface area contributed by atoms with E-state index in [2.05, 4.69) is 4.98 Å². The highest BCUT2D eigenvalue weighted by Gasteiger charge is 2.07. The fourth-order valence-electron chi connectivity index (χ4n) is 1.34. The maximum absolute atomic E-state index is 11.4. The Hall–Kier alpha value is -1.87. The quantitative estimate of drug-likeness (QED) is 0.767. The van der Waals surface area contributed by atoms with E-state index in [0.717, 1.165) is 0 Å². The molecule has 0 amide bonds. The number of nitrogens with zero attached hydrogens (tertiary/aromatic N) is 2. The number of aromatic nitrogens is 2. The standard InChI is InChI=1S/C10H13N3O3/c1-3-16-7(2)5-13-6-8(4-11)9(14)12-10(13)15/h6-7H,3,5H2,1-2H3,(H,12,14,15). The summed E-state index contributed by atoms with van der Waals surface area (Å²) in [5, 5.41) is 8.65. The van der Waals surface area contributed by atoms with E-state index >= 15 is 0 Å². The highest BCUT2D eigenvalue weighted by Crippen LogP contribution is 1.94. The van der Waals surface area contributed by atoms with Crippen LogP contribution in [0.4, 0.5) is 0 Å². The third-order valence-corrected chi connectivity index (χ3v) is 2.04. The molecule has 0 radical (unpaired) electrons. The first-order valence-corrected chi connectivity index (χ1v) is 4.94. The molecule has 0 aromatic carbocycles. The van der Waals surface area contributed by atoms with Crippen LogP contribution in [0.5, 0.6) is 0 Å². The van der Waals surface area contributed by atoms with Crippen LogP contribution in [0.1, 0.15) is 19.4 Å². The Kier molecular flexibility index (Phi) is 4.03. The Bertz CT molecular complexity index is 509. The maximum atomic E-state index is 11.4. The van der Waals surface area contributed by atoms with Crippen molar-refractivity contribution in [1.29, 1.82) is 5.26 Å². The monoisotopic (exact) mass is 223 g/mol. The average Bonchev–Trinajstić information content (AvgIpc) is 2.22. The van der Waals surface area contributed by atoms with E-state index < -0.39 is 11.2 Å². The second kappa shape index (κ2) is 5.28. The van der Waals surface area contributed by atoms with E-state index in [-0.39, 0.29) is 11.7 Å². The number of nitrogens with one attached hydrogen (secondary N) is 1. The third-order valence-electron chi connectivity index (χ3n) is 2.04. The lowest BCUT2D eigenvalue weighted by molar-refractivity contribution is 0.0629. The zero-order valence-corrected chi connectivity index (χ0v) is 9.19. The molecule has 0 aliphatic heterocycles. The molecule has 1 unspecified atom stereocenters. The van der Waals surface area contributed by atoms with Gasteiger partial charge in [0, 0.05) is 12.8 Å². The Morgan fingerprint density at radius 2 is 2.31 bits per heavy atom. The number of rotatable bonds is 4. The fraction of sp³-hybridized carbons (Fsp3) is 0.500. The Labute approximate surface area is 92.1 Å². The largest absolute Gasteiger partial charge is 0.377 e. The molecule has 6 nitrogen and oxygen atoms in total. The summed E-state index contributed by atoms with van der Waals surface area (Å²) < 4.78 is 6.53. The second-order valence-corrected chi connectivity index (χ2v) is 3.33. The first kappa shape index (κ1) is 12.2. The summed E-state index contributed by atoms with van der Waals surface area (Å²) in [6, 6.07) is 1.72. The van der Waals surface area contributed by atoms with Gasteiger partial charge in [0.1, 0.15) is 11.6 Å². The van der Waals surface area contributed by atoms with E-state index in [1.54, 1.807) is 6.07 Å². The van der Waals surface area contributed by atoms with Gasteiger partial charge in [-0.15, -0.1) is 0 Å². The molecule has 1 aromatic rings. The molecule has 1 rings (SSSR count). The molecular formula is C10H13N3O3. The molecule has 0 bridgehead atoms. The van der Waals surface area contributed by atoms with Crippen LogP contribution in [0.15, 0.2) is 15.8 Å². The lowest BCUT2D eigenvalue weighted by Gasteiger charge is -2.12. The first-order chi connectivity index (χ1) is 7.58. The van der Waals surface area contributed by atoms with Crippen molar-refractivity contribution in [1.82, 2.24) is 9.55 Å². The van der Waals surface area contributed by atoms with Gasteiger partial charge < -0.3 is 4.74 Å². The summed E-state index contributed by atoms with van der Waals surface area (Å²) >= 11 is 0. The van der Waals surface area contributed by atoms with Gasteiger partial charge in [0.2, 0.25) is 0 Å². The topological polar surface area (TPSA) is 87.9 Å². The molecule has 0 spiro atoms. The zero-order chi connectivity index (χ0) is 12.1. The first-order valence-electron chi connectivity index (χ1n) is 4.94. The van der Waals surface area contributed by atoms with E-state index in [1.807, 2.05) is 13.8 Å². The van der Waals surface area contributed by atoms with Crippen molar-refractivity contribution in [2.75, 3.05) is 6.61 Å². The molecule has 16 heavy (non-hydrogen) atoms. The summed E-state index contributed by atoms with van der Waals surface area (Å²) in [5.41, 5.74) is -1.27. The minimum absolute atomic E-state index is 0.0803. The molecular weight excluding hydrogens is 210 g/mol. The van der Waals surface area contributed by atoms with Crippen molar-refractivity contribution in [3.05, 3.63) is 32.6 Å². The smallest absolute Gasteiger partial charge is 0.328 e. The van der Waals surface area contributed by atoms with Crippen LogP contribution in [0.3, 0.4) is 0 Å². The molecule has 1 heterocycles. The van der Waals surface area contributed by atoms with Crippen LogP contribution in [0.25, 0.3) is 0 Å². The molecule has 0 saturated carbocycles. The van der Waals surface area contributed by atoms with Gasteiger partial charge in [0.15, 0.2) is 0 Å². The van der Waals surface area contributed by atoms with Crippen LogP contribution in [0, 0.1) is 11.3 Å². The van der Waals surface area contributed by atoms with Gasteiger partial charge in [0.25, 0.3) is 5.56 Å². The normalized spacial score (nSPS) is 12.1. The molecule has 1 N–H and O–H groups in total. The van der Waals surface area contributed by atoms with Crippen molar-refractivity contribution < 1.29 is 4.74 Å². The zero-order valence-electron chi connectivity index (χ0n) is 9.19. The number of aromatic amines is 1. The van der Waals surface area contributed by atoms with Gasteiger partial charge in [-0.25, -0.2) is 4.79 Å². The number of hydrogen-bond acceptors (Lipinski definition) is 4. The van der Waals surface area contributed by atoms with E-state index in [4.69, 9.17) is 10.00 Å². The predicted octanol–water partition coefficient (Wildman–Crippen LogP) is -0.167. The second-order valence-electron chi connectivity index (χ2n) is 3.33. The summed E-state index contributed by atoms with van der Waals surface area (Å²) in [4.78, 5) is 24.6. The van der Waals surface area contributed by atoms with Crippen LogP contribution < -0.4 is 11.2 Å². The number of hydrogen-bond donors (Lipinski definition) is 1. The van der Waals surface area contributed by atoms with E-state index in [9.17, 15) is 9.59 Å². The van der Waals surface area contributed by atoms with Crippen molar-refractivity contribution in [3.8, 4) is 6.07 Å². The highest BCUT2D eigenvalue weighted by molar-refractivity contribution is 5.21. The van der Waals surface area contributed by atoms with Gasteiger partial charge in [-0.1, -0.05) is 0 Å². The third kappa shape index (κ3) is 2.81. The predicted molar refractivity (Wildman–Crippen MR) is 57.1 cm³/mol. The van der Waals surface area contributed by atoms with Gasteiger partial charge in [-0.3, -0.25) is 14.3 Å². The molecule has 6 heteroatoms. The van der Waals surface area contributed by atoms with Crippen LogP contribution in [-0.2, 0) is 11.3 Å². The summed E-state index contributed by atoms with van der Waals surface area (Å²) in [7, 11) is 0. The average molecular weight is 223 g/mol. The van der Waals surface area contributed by atoms with Crippen molar-refractivity contribution in [2.24, 2.45) is 0 Å². The van der Waals surface area contributed by atoms with Gasteiger partial charge in [0.05, 0.1) is 12.6 Å². The van der Waals surface area contributed by atoms with Crippen molar-refractivity contribution >= 4 is 0 Å². The molecule has 1 atom stereocenters. The number of ether oxygens (including phenoxy) is 1. The Balaban J connectivity index is 3.02. The molecule has 0 fully saturated rings. The number of nitriles is 1. The molecule has 0 saturated heterocycles. The van der Waals surface area contributed by atoms with Crippen molar-refractivity contribution in [2.45, 2.75) is 26.5 Å². The lowest BCUT2D eigenvalue weighted by Crippen LogP contribution is -2.34. The minimum atomic E-state index is -0.659. The highest BCUT2D eigenvalue weighted by atomic mass is 16.5. The van der Waals surface area contributed by atoms with Gasteiger partial charge in [-0.2, -0.15) is 5.26 Å². The Morgan fingerprint density at radius 3 is 2.88 bits per heavy atom.